The van der Waals surface area contributed by atoms with E-state index in [-0.39, 0.29) is 15.8 Å². The first-order chi connectivity index (χ1) is 9.01. The zero-order chi connectivity index (χ0) is 14.0. The van der Waals surface area contributed by atoms with Gasteiger partial charge in [-0.25, -0.2) is 13.2 Å². The quantitative estimate of drug-likeness (QED) is 0.914. The number of aliphatic hydroxyl groups excluding tert-OH is 1. The molecule has 0 aliphatic heterocycles. The number of aliphatic hydroxyl groups is 1. The van der Waals surface area contributed by atoms with E-state index in [0.717, 1.165) is 18.2 Å². The predicted octanol–water partition coefficient (Wildman–Crippen LogP) is 4.15. The predicted molar refractivity (Wildman–Crippen MR) is 66.5 cm³/mol. The summed E-state index contributed by atoms with van der Waals surface area (Å²) in [6.07, 6.45) is 0. The highest BCUT2D eigenvalue weighted by Crippen LogP contribution is 2.30. The second-order valence-electron chi connectivity index (χ2n) is 3.72. The molecule has 1 N–H and O–H groups in total. The Morgan fingerprint density at radius 2 is 1.63 bits per heavy atom. The largest absolute Gasteiger partial charge is 0.451 e. The van der Waals surface area contributed by atoms with Crippen molar-refractivity contribution in [2.24, 2.45) is 0 Å². The normalized spacial score (nSPS) is 10.6. The molecule has 2 nitrogen and oxygen atoms in total. The lowest BCUT2D eigenvalue weighted by atomic mass is 10.2. The number of halogens is 4. The van der Waals surface area contributed by atoms with Crippen LogP contribution in [0.3, 0.4) is 0 Å². The molecule has 0 unspecified atom stereocenters. The van der Waals surface area contributed by atoms with Gasteiger partial charge in [0.25, 0.3) is 0 Å². The lowest BCUT2D eigenvalue weighted by Gasteiger charge is -2.09. The summed E-state index contributed by atoms with van der Waals surface area (Å²) in [4.78, 5) is 0. The number of rotatable bonds is 3. The molecule has 0 spiro atoms. The van der Waals surface area contributed by atoms with Crippen molar-refractivity contribution in [1.82, 2.24) is 0 Å². The van der Waals surface area contributed by atoms with Crippen LogP contribution in [-0.2, 0) is 6.61 Å². The van der Waals surface area contributed by atoms with Gasteiger partial charge in [0.2, 0.25) is 0 Å². The van der Waals surface area contributed by atoms with Crippen molar-refractivity contribution in [3.8, 4) is 11.5 Å². The van der Waals surface area contributed by atoms with Crippen molar-refractivity contribution in [2.45, 2.75) is 6.61 Å². The maximum atomic E-state index is 13.6. The minimum atomic E-state index is -0.965. The van der Waals surface area contributed by atoms with Crippen LogP contribution in [0.2, 0.25) is 0 Å². The fourth-order valence-electron chi connectivity index (χ4n) is 1.46. The van der Waals surface area contributed by atoms with Crippen LogP contribution in [-0.4, -0.2) is 5.11 Å². The highest BCUT2D eigenvalue weighted by atomic mass is 79.9. The Morgan fingerprint density at radius 1 is 1.00 bits per heavy atom. The Morgan fingerprint density at radius 3 is 2.16 bits per heavy atom. The third kappa shape index (κ3) is 3.08. The molecule has 100 valence electrons. The average molecular weight is 333 g/mol. The van der Waals surface area contributed by atoms with E-state index in [4.69, 9.17) is 9.84 Å². The van der Waals surface area contributed by atoms with Crippen LogP contribution in [0.1, 0.15) is 5.56 Å². The third-order valence-corrected chi connectivity index (χ3v) is 2.99. The van der Waals surface area contributed by atoms with E-state index in [1.54, 1.807) is 0 Å². The van der Waals surface area contributed by atoms with Crippen molar-refractivity contribution in [3.05, 3.63) is 57.8 Å². The van der Waals surface area contributed by atoms with Crippen LogP contribution in [0.4, 0.5) is 13.2 Å². The lowest BCUT2D eigenvalue weighted by molar-refractivity contribution is 0.279. The number of ether oxygens (including phenoxy) is 1. The maximum Gasteiger partial charge on any atom is 0.198 e. The zero-order valence-corrected chi connectivity index (χ0v) is 11.0. The van der Waals surface area contributed by atoms with Gasteiger partial charge in [0, 0.05) is 6.07 Å². The van der Waals surface area contributed by atoms with E-state index in [9.17, 15) is 13.2 Å². The summed E-state index contributed by atoms with van der Waals surface area (Å²) in [5.74, 6) is -3.21. The summed E-state index contributed by atoms with van der Waals surface area (Å²) in [6, 6.07) is 5.64. The van der Waals surface area contributed by atoms with Crippen LogP contribution in [0.25, 0.3) is 0 Å². The molecule has 0 aliphatic rings. The van der Waals surface area contributed by atoms with E-state index in [2.05, 4.69) is 15.9 Å². The minimum absolute atomic E-state index is 0.0322. The SMILES string of the molecule is OCc1cc(F)c(Oc2ccc(Br)c(F)c2)c(F)c1. The molecular formula is C13H8BrF3O2. The van der Waals surface area contributed by atoms with Gasteiger partial charge in [-0.05, 0) is 45.8 Å². The summed E-state index contributed by atoms with van der Waals surface area (Å²) >= 11 is 2.96. The molecule has 6 heteroatoms. The Balaban J connectivity index is 2.35. The topological polar surface area (TPSA) is 29.5 Å². The minimum Gasteiger partial charge on any atom is -0.451 e. The van der Waals surface area contributed by atoms with Crippen molar-refractivity contribution in [1.29, 1.82) is 0 Å². The molecule has 0 bridgehead atoms. The first-order valence-corrected chi connectivity index (χ1v) is 6.02. The van der Waals surface area contributed by atoms with E-state index >= 15 is 0 Å². The Kier molecular flexibility index (Phi) is 4.11. The van der Waals surface area contributed by atoms with Crippen LogP contribution in [0.5, 0.6) is 11.5 Å². The van der Waals surface area contributed by atoms with Gasteiger partial charge in [0.1, 0.15) is 11.6 Å². The standard InChI is InChI=1S/C13H8BrF3O2/c14-9-2-1-8(5-10(9)15)19-13-11(16)3-7(6-18)4-12(13)17/h1-5,18H,6H2. The zero-order valence-electron chi connectivity index (χ0n) is 9.46. The summed E-state index contributed by atoms with van der Waals surface area (Å²) < 4.78 is 45.6. The van der Waals surface area contributed by atoms with Gasteiger partial charge in [-0.15, -0.1) is 0 Å². The van der Waals surface area contributed by atoms with E-state index in [1.165, 1.54) is 12.1 Å². The molecule has 0 fully saturated rings. The van der Waals surface area contributed by atoms with Crippen LogP contribution in [0.15, 0.2) is 34.8 Å². The molecule has 2 rings (SSSR count). The average Bonchev–Trinajstić information content (AvgIpc) is 2.37. The second-order valence-corrected chi connectivity index (χ2v) is 4.58. The summed E-state index contributed by atoms with van der Waals surface area (Å²) in [5.41, 5.74) is 0.0873. The Hall–Kier alpha value is -1.53. The van der Waals surface area contributed by atoms with Gasteiger partial charge < -0.3 is 9.84 Å². The first-order valence-electron chi connectivity index (χ1n) is 5.23. The smallest absolute Gasteiger partial charge is 0.198 e. The number of hydrogen-bond donors (Lipinski definition) is 1. The van der Waals surface area contributed by atoms with Crippen molar-refractivity contribution in [2.75, 3.05) is 0 Å². The van der Waals surface area contributed by atoms with Crippen molar-refractivity contribution >= 4 is 15.9 Å². The van der Waals surface area contributed by atoms with E-state index in [0.29, 0.717) is 0 Å². The fourth-order valence-corrected chi connectivity index (χ4v) is 1.71. The maximum absolute atomic E-state index is 13.6. The number of hydrogen-bond acceptors (Lipinski definition) is 2. The van der Waals surface area contributed by atoms with Gasteiger partial charge in [0.05, 0.1) is 11.1 Å². The van der Waals surface area contributed by atoms with E-state index < -0.39 is 29.8 Å². The molecule has 0 amide bonds. The Bertz CT molecular complexity index is 594. The summed E-state index contributed by atoms with van der Waals surface area (Å²) in [6.45, 7) is -0.485. The van der Waals surface area contributed by atoms with Gasteiger partial charge in [0.15, 0.2) is 17.4 Å². The van der Waals surface area contributed by atoms with Crippen LogP contribution < -0.4 is 4.74 Å². The third-order valence-electron chi connectivity index (χ3n) is 2.35. The summed E-state index contributed by atoms with van der Waals surface area (Å²) in [5, 5.41) is 8.81. The van der Waals surface area contributed by atoms with Gasteiger partial charge >= 0.3 is 0 Å². The first kappa shape index (κ1) is 13.9. The molecule has 19 heavy (non-hydrogen) atoms. The fraction of sp³-hybridized carbons (Fsp3) is 0.0769. The van der Waals surface area contributed by atoms with Crippen LogP contribution in [0, 0.1) is 17.5 Å². The molecule has 2 aromatic carbocycles. The van der Waals surface area contributed by atoms with Gasteiger partial charge in [-0.3, -0.25) is 0 Å². The molecule has 0 saturated heterocycles. The number of benzene rings is 2. The molecule has 0 heterocycles. The van der Waals surface area contributed by atoms with Gasteiger partial charge in [-0.1, -0.05) is 0 Å². The molecule has 0 saturated carbocycles. The molecule has 0 atom stereocenters. The molecular weight excluding hydrogens is 325 g/mol. The highest BCUT2D eigenvalue weighted by Gasteiger charge is 2.14. The lowest BCUT2D eigenvalue weighted by Crippen LogP contribution is -1.96. The second kappa shape index (κ2) is 5.63. The van der Waals surface area contributed by atoms with Crippen molar-refractivity contribution < 1.29 is 23.0 Å². The Labute approximate surface area is 115 Å². The monoisotopic (exact) mass is 332 g/mol. The highest BCUT2D eigenvalue weighted by molar-refractivity contribution is 9.10. The van der Waals surface area contributed by atoms with Crippen LogP contribution >= 0.6 is 15.9 Å². The van der Waals surface area contributed by atoms with Gasteiger partial charge in [-0.2, -0.15) is 0 Å². The molecule has 2 aromatic rings. The van der Waals surface area contributed by atoms with E-state index in [1.807, 2.05) is 0 Å². The summed E-state index contributed by atoms with van der Waals surface area (Å²) in [7, 11) is 0. The molecule has 0 aliphatic carbocycles. The van der Waals surface area contributed by atoms with Crippen molar-refractivity contribution in [3.63, 3.8) is 0 Å². The molecule has 0 aromatic heterocycles. The molecule has 0 radical (unpaired) electrons.